The highest BCUT2D eigenvalue weighted by Crippen LogP contribution is 2.36. The molecule has 0 bridgehead atoms. The minimum absolute atomic E-state index is 0.0493. The number of carbonyl (C=O) groups excluding carboxylic acids is 2. The third kappa shape index (κ3) is 4.41. The fourth-order valence-corrected chi connectivity index (χ4v) is 6.59. The predicted octanol–water partition coefficient (Wildman–Crippen LogP) is 4.31. The van der Waals surface area contributed by atoms with Crippen molar-refractivity contribution in [3.8, 4) is 0 Å². The second-order valence-corrected chi connectivity index (χ2v) is 10.9. The van der Waals surface area contributed by atoms with E-state index in [9.17, 15) is 18.0 Å². The highest BCUT2D eigenvalue weighted by molar-refractivity contribution is 7.92. The van der Waals surface area contributed by atoms with E-state index in [0.717, 1.165) is 31.5 Å². The Morgan fingerprint density at radius 2 is 1.60 bits per heavy atom. The van der Waals surface area contributed by atoms with Gasteiger partial charge in [-0.3, -0.25) is 13.9 Å². The molecule has 1 saturated heterocycles. The number of nitrogens with one attached hydrogen (secondary N) is 1. The molecule has 1 N–H and O–H groups in total. The zero-order chi connectivity index (χ0) is 24.6. The summed E-state index contributed by atoms with van der Waals surface area (Å²) in [7, 11) is -3.85. The molecule has 5 rings (SSSR count). The lowest BCUT2D eigenvalue weighted by atomic mass is 10.1. The molecule has 7 nitrogen and oxygen atoms in total. The molecule has 180 valence electrons. The van der Waals surface area contributed by atoms with Crippen LogP contribution in [0.3, 0.4) is 0 Å². The van der Waals surface area contributed by atoms with Gasteiger partial charge in [0.1, 0.15) is 0 Å². The highest BCUT2D eigenvalue weighted by atomic mass is 32.2. The lowest BCUT2D eigenvalue weighted by Crippen LogP contribution is -2.35. The monoisotopic (exact) mass is 489 g/mol. The number of hydrogen-bond donors (Lipinski definition) is 1. The largest absolute Gasteiger partial charge is 0.339 e. The normalized spacial score (nSPS) is 17.3. The standard InChI is InChI=1S/C27H27N3O4S/c1-19-16-20-8-2-3-13-25(20)30(19)35(33,34)24-12-7-9-21(18-24)26(31)28-23-11-6-10-22(17-23)27(32)29-14-4-5-15-29/h2-3,6-13,17-19H,4-5,14-16H2,1H3,(H,28,31). The second-order valence-electron chi connectivity index (χ2n) is 9.04. The maximum atomic E-state index is 13.5. The molecule has 0 aliphatic carbocycles. The SMILES string of the molecule is CC1Cc2ccccc2N1S(=O)(=O)c1cccc(C(=O)Nc2cccc(C(=O)N3CCCC3)c2)c1. The van der Waals surface area contributed by atoms with E-state index in [4.69, 9.17) is 0 Å². The average molecular weight is 490 g/mol. The summed E-state index contributed by atoms with van der Waals surface area (Å²) in [6, 6.07) is 20.1. The van der Waals surface area contributed by atoms with Gasteiger partial charge in [-0.2, -0.15) is 0 Å². The van der Waals surface area contributed by atoms with E-state index in [1.54, 1.807) is 36.4 Å². The molecule has 1 atom stereocenters. The van der Waals surface area contributed by atoms with E-state index in [1.807, 2.05) is 36.1 Å². The smallest absolute Gasteiger partial charge is 0.264 e. The number of benzene rings is 3. The average Bonchev–Trinajstić information content (AvgIpc) is 3.51. The Hall–Kier alpha value is -3.65. The molecule has 0 radical (unpaired) electrons. The number of amides is 2. The molecule has 1 fully saturated rings. The topological polar surface area (TPSA) is 86.8 Å². The Morgan fingerprint density at radius 3 is 2.40 bits per heavy atom. The first-order chi connectivity index (χ1) is 16.8. The van der Waals surface area contributed by atoms with Crippen molar-refractivity contribution in [2.24, 2.45) is 0 Å². The summed E-state index contributed by atoms with van der Waals surface area (Å²) in [6.07, 6.45) is 2.65. The molecule has 35 heavy (non-hydrogen) atoms. The van der Waals surface area contributed by atoms with E-state index >= 15 is 0 Å². The van der Waals surface area contributed by atoms with Crippen LogP contribution in [0.15, 0.2) is 77.7 Å². The fourth-order valence-electron chi connectivity index (χ4n) is 4.85. The molecule has 2 aliphatic rings. The van der Waals surface area contributed by atoms with E-state index in [0.29, 0.717) is 23.4 Å². The van der Waals surface area contributed by atoms with Crippen molar-refractivity contribution < 1.29 is 18.0 Å². The summed E-state index contributed by atoms with van der Waals surface area (Å²) in [6.45, 7) is 3.37. The van der Waals surface area contributed by atoms with Gasteiger partial charge in [-0.05, 0) is 74.2 Å². The summed E-state index contributed by atoms with van der Waals surface area (Å²) in [5.41, 5.74) is 2.88. The first-order valence-electron chi connectivity index (χ1n) is 11.8. The van der Waals surface area contributed by atoms with Crippen LogP contribution < -0.4 is 9.62 Å². The van der Waals surface area contributed by atoms with Crippen molar-refractivity contribution in [3.63, 3.8) is 0 Å². The van der Waals surface area contributed by atoms with Gasteiger partial charge in [-0.25, -0.2) is 8.42 Å². The van der Waals surface area contributed by atoms with Crippen molar-refractivity contribution in [2.45, 2.75) is 37.1 Å². The van der Waals surface area contributed by atoms with Crippen LogP contribution in [-0.4, -0.2) is 44.3 Å². The molecule has 0 saturated carbocycles. The lowest BCUT2D eigenvalue weighted by molar-refractivity contribution is 0.0792. The van der Waals surface area contributed by atoms with E-state index in [2.05, 4.69) is 5.32 Å². The Labute approximate surface area is 205 Å². The van der Waals surface area contributed by atoms with Crippen LogP contribution in [0.4, 0.5) is 11.4 Å². The minimum Gasteiger partial charge on any atom is -0.339 e. The molecule has 3 aromatic rings. The highest BCUT2D eigenvalue weighted by Gasteiger charge is 2.36. The molecular weight excluding hydrogens is 462 g/mol. The van der Waals surface area contributed by atoms with Crippen LogP contribution in [0.1, 0.15) is 46.0 Å². The Bertz CT molecular complexity index is 1400. The third-order valence-electron chi connectivity index (χ3n) is 6.56. The van der Waals surface area contributed by atoms with Gasteiger partial charge in [-0.15, -0.1) is 0 Å². The summed E-state index contributed by atoms with van der Waals surface area (Å²) < 4.78 is 28.5. The van der Waals surface area contributed by atoms with Crippen molar-refractivity contribution in [3.05, 3.63) is 89.5 Å². The van der Waals surface area contributed by atoms with Gasteiger partial charge in [-0.1, -0.05) is 30.3 Å². The number of rotatable bonds is 5. The first kappa shape index (κ1) is 23.1. The number of carbonyl (C=O) groups is 2. The number of fused-ring (bicyclic) bond motifs is 1. The van der Waals surface area contributed by atoms with Gasteiger partial charge >= 0.3 is 0 Å². The van der Waals surface area contributed by atoms with Crippen LogP contribution >= 0.6 is 0 Å². The maximum absolute atomic E-state index is 13.5. The van der Waals surface area contributed by atoms with Gasteiger partial charge in [0.25, 0.3) is 21.8 Å². The van der Waals surface area contributed by atoms with Gasteiger partial charge in [0.05, 0.1) is 10.6 Å². The van der Waals surface area contributed by atoms with Crippen LogP contribution in [0, 0.1) is 0 Å². The molecule has 0 aromatic heterocycles. The predicted molar refractivity (Wildman–Crippen MR) is 135 cm³/mol. The van der Waals surface area contributed by atoms with Gasteiger partial charge in [0.2, 0.25) is 0 Å². The number of sulfonamides is 1. The Kier molecular flexibility index (Phi) is 6.06. The summed E-state index contributed by atoms with van der Waals surface area (Å²) in [5, 5.41) is 2.80. The molecule has 0 spiro atoms. The molecule has 2 amide bonds. The lowest BCUT2D eigenvalue weighted by Gasteiger charge is -2.24. The van der Waals surface area contributed by atoms with E-state index in [-0.39, 0.29) is 22.4 Å². The molecule has 2 heterocycles. The van der Waals surface area contributed by atoms with Gasteiger partial charge in [0, 0.05) is 35.9 Å². The number of hydrogen-bond acceptors (Lipinski definition) is 4. The molecular formula is C27H27N3O4S. The van der Waals surface area contributed by atoms with Crippen LogP contribution in [0.2, 0.25) is 0 Å². The second kappa shape index (κ2) is 9.19. The van der Waals surface area contributed by atoms with Crippen molar-refractivity contribution in [1.82, 2.24) is 4.90 Å². The van der Waals surface area contributed by atoms with Crippen molar-refractivity contribution in [1.29, 1.82) is 0 Å². The molecule has 8 heteroatoms. The van der Waals surface area contributed by atoms with Gasteiger partial charge in [0.15, 0.2) is 0 Å². The van der Waals surface area contributed by atoms with Crippen LogP contribution in [0.25, 0.3) is 0 Å². The number of anilines is 2. The first-order valence-corrected chi connectivity index (χ1v) is 13.2. The van der Waals surface area contributed by atoms with Crippen LogP contribution in [0.5, 0.6) is 0 Å². The summed E-state index contributed by atoms with van der Waals surface area (Å²) >= 11 is 0. The zero-order valence-electron chi connectivity index (χ0n) is 19.5. The minimum atomic E-state index is -3.85. The Balaban J connectivity index is 1.37. The Morgan fingerprint density at radius 1 is 0.886 bits per heavy atom. The van der Waals surface area contributed by atoms with Crippen LogP contribution in [-0.2, 0) is 16.4 Å². The third-order valence-corrected chi connectivity index (χ3v) is 8.48. The van der Waals surface area contributed by atoms with Crippen molar-refractivity contribution >= 4 is 33.2 Å². The number of likely N-dealkylation sites (tertiary alicyclic amines) is 1. The number of nitrogens with zero attached hydrogens (tertiary/aromatic N) is 2. The molecule has 1 unspecified atom stereocenters. The maximum Gasteiger partial charge on any atom is 0.264 e. The van der Waals surface area contributed by atoms with E-state index < -0.39 is 15.9 Å². The van der Waals surface area contributed by atoms with Crippen molar-refractivity contribution in [2.75, 3.05) is 22.7 Å². The quantitative estimate of drug-likeness (QED) is 0.579. The number of para-hydroxylation sites is 1. The summed E-state index contributed by atoms with van der Waals surface area (Å²) in [5.74, 6) is -0.491. The van der Waals surface area contributed by atoms with E-state index in [1.165, 1.54) is 16.4 Å². The molecule has 3 aromatic carbocycles. The molecule has 2 aliphatic heterocycles. The fraction of sp³-hybridized carbons (Fsp3) is 0.259. The van der Waals surface area contributed by atoms with Gasteiger partial charge < -0.3 is 10.2 Å². The zero-order valence-corrected chi connectivity index (χ0v) is 20.3. The summed E-state index contributed by atoms with van der Waals surface area (Å²) in [4.78, 5) is 27.6.